The number of amides is 3. The molecule has 3 amide bonds. The first-order valence-corrected chi connectivity index (χ1v) is 8.60. The van der Waals surface area contributed by atoms with Gasteiger partial charge in [0.2, 0.25) is 5.91 Å². The second-order valence-electron chi connectivity index (χ2n) is 5.91. The third-order valence-corrected chi connectivity index (χ3v) is 3.78. The molecule has 0 aliphatic rings. The second-order valence-corrected chi connectivity index (χ2v) is 5.91. The summed E-state index contributed by atoms with van der Waals surface area (Å²) in [5.41, 5.74) is 0.705. The molecule has 0 saturated heterocycles. The number of halogens is 1. The average molecular weight is 375 g/mol. The zero-order chi connectivity index (χ0) is 19.6. The minimum absolute atomic E-state index is 0.183. The smallest absolute Gasteiger partial charge is 0.286 e. The van der Waals surface area contributed by atoms with Crippen LogP contribution in [-0.4, -0.2) is 37.4 Å². The molecule has 0 unspecified atom stereocenters. The Morgan fingerprint density at radius 1 is 1.00 bits per heavy atom. The van der Waals surface area contributed by atoms with Crippen LogP contribution in [0.15, 0.2) is 41.0 Å². The van der Waals surface area contributed by atoms with Gasteiger partial charge in [-0.2, -0.15) is 0 Å². The van der Waals surface area contributed by atoms with Crippen molar-refractivity contribution in [2.45, 2.75) is 19.8 Å². The molecule has 7 nitrogen and oxygen atoms in total. The van der Waals surface area contributed by atoms with E-state index in [1.807, 2.05) is 0 Å². The van der Waals surface area contributed by atoms with Crippen LogP contribution in [-0.2, 0) is 4.79 Å². The predicted octanol–water partition coefficient (Wildman–Crippen LogP) is 1.78. The maximum atomic E-state index is 13.4. The summed E-state index contributed by atoms with van der Waals surface area (Å²) in [6, 6.07) is 7.44. The third kappa shape index (κ3) is 6.58. The lowest BCUT2D eigenvalue weighted by Gasteiger charge is -2.08. The number of carbonyl (C=O) groups excluding carboxylic acids is 3. The first-order chi connectivity index (χ1) is 13.0. The normalized spacial score (nSPS) is 10.3. The minimum Gasteiger partial charge on any atom is -0.459 e. The standard InChI is InChI=1S/C19H22FN3O4/c1-13-6-7-14(12-15(13)20)18(25)23-10-9-21-17(24)5-2-8-22-19(26)16-4-3-11-27-16/h3-4,6-7,11-12H,2,5,8-10H2,1H3,(H,21,24)(H,22,26)(H,23,25). The summed E-state index contributed by atoms with van der Waals surface area (Å²) >= 11 is 0. The van der Waals surface area contributed by atoms with Crippen LogP contribution in [0.4, 0.5) is 4.39 Å². The molecule has 0 atom stereocenters. The van der Waals surface area contributed by atoms with Gasteiger partial charge in [-0.05, 0) is 43.2 Å². The number of rotatable bonds is 9. The van der Waals surface area contributed by atoms with Crippen molar-refractivity contribution in [3.63, 3.8) is 0 Å². The van der Waals surface area contributed by atoms with Gasteiger partial charge in [-0.1, -0.05) is 6.07 Å². The Balaban J connectivity index is 1.56. The molecule has 27 heavy (non-hydrogen) atoms. The van der Waals surface area contributed by atoms with Crippen LogP contribution in [0.1, 0.15) is 39.3 Å². The molecule has 0 radical (unpaired) electrons. The van der Waals surface area contributed by atoms with Gasteiger partial charge in [-0.25, -0.2) is 4.39 Å². The van der Waals surface area contributed by atoms with Gasteiger partial charge in [0.1, 0.15) is 5.82 Å². The Labute approximate surface area is 156 Å². The van der Waals surface area contributed by atoms with Gasteiger partial charge in [0.25, 0.3) is 11.8 Å². The molecular formula is C19H22FN3O4. The number of benzene rings is 1. The summed E-state index contributed by atoms with van der Waals surface area (Å²) in [5, 5.41) is 7.93. The predicted molar refractivity (Wildman–Crippen MR) is 96.8 cm³/mol. The third-order valence-electron chi connectivity index (χ3n) is 3.78. The van der Waals surface area contributed by atoms with E-state index in [0.717, 1.165) is 0 Å². The summed E-state index contributed by atoms with van der Waals surface area (Å²) in [4.78, 5) is 35.2. The highest BCUT2D eigenvalue weighted by Crippen LogP contribution is 2.08. The van der Waals surface area contributed by atoms with Crippen molar-refractivity contribution in [3.8, 4) is 0 Å². The molecule has 1 aromatic heterocycles. The topological polar surface area (TPSA) is 100 Å². The zero-order valence-corrected chi connectivity index (χ0v) is 15.0. The van der Waals surface area contributed by atoms with E-state index in [-0.39, 0.29) is 42.6 Å². The first-order valence-electron chi connectivity index (χ1n) is 8.60. The number of hydrogen-bond donors (Lipinski definition) is 3. The summed E-state index contributed by atoms with van der Waals surface area (Å²) < 4.78 is 18.4. The average Bonchev–Trinajstić information content (AvgIpc) is 3.19. The van der Waals surface area contributed by atoms with Crippen LogP contribution in [0.25, 0.3) is 0 Å². The first kappa shape index (κ1) is 20.2. The maximum Gasteiger partial charge on any atom is 0.286 e. The second kappa shape index (κ2) is 10.1. The highest BCUT2D eigenvalue weighted by molar-refractivity contribution is 5.94. The summed E-state index contributed by atoms with van der Waals surface area (Å²) in [6.07, 6.45) is 2.14. The van der Waals surface area contributed by atoms with E-state index in [4.69, 9.17) is 4.42 Å². The largest absolute Gasteiger partial charge is 0.459 e. The summed E-state index contributed by atoms with van der Waals surface area (Å²) in [7, 11) is 0. The van der Waals surface area contributed by atoms with Crippen molar-refractivity contribution in [1.29, 1.82) is 0 Å². The maximum absolute atomic E-state index is 13.4. The number of hydrogen-bond acceptors (Lipinski definition) is 4. The van der Waals surface area contributed by atoms with Crippen LogP contribution in [0, 0.1) is 12.7 Å². The van der Waals surface area contributed by atoms with Gasteiger partial charge >= 0.3 is 0 Å². The fourth-order valence-electron chi connectivity index (χ4n) is 2.25. The number of carbonyl (C=O) groups is 3. The number of aryl methyl sites for hydroxylation is 1. The highest BCUT2D eigenvalue weighted by atomic mass is 19.1. The lowest BCUT2D eigenvalue weighted by atomic mass is 10.1. The van der Waals surface area contributed by atoms with E-state index in [2.05, 4.69) is 16.0 Å². The van der Waals surface area contributed by atoms with Gasteiger partial charge in [0, 0.05) is 31.6 Å². The van der Waals surface area contributed by atoms with Gasteiger partial charge in [-0.15, -0.1) is 0 Å². The minimum atomic E-state index is -0.435. The van der Waals surface area contributed by atoms with Gasteiger partial charge in [-0.3, -0.25) is 14.4 Å². The molecule has 8 heteroatoms. The van der Waals surface area contributed by atoms with E-state index in [1.54, 1.807) is 25.1 Å². The van der Waals surface area contributed by atoms with Crippen molar-refractivity contribution in [2.75, 3.05) is 19.6 Å². The molecule has 2 rings (SSSR count). The van der Waals surface area contributed by atoms with Gasteiger partial charge < -0.3 is 20.4 Å². The van der Waals surface area contributed by atoms with E-state index in [1.165, 1.54) is 18.4 Å². The molecule has 1 aromatic carbocycles. The molecule has 0 spiro atoms. The van der Waals surface area contributed by atoms with E-state index >= 15 is 0 Å². The Morgan fingerprint density at radius 3 is 2.44 bits per heavy atom. The lowest BCUT2D eigenvalue weighted by Crippen LogP contribution is -2.35. The van der Waals surface area contributed by atoms with E-state index < -0.39 is 11.7 Å². The highest BCUT2D eigenvalue weighted by Gasteiger charge is 2.09. The molecule has 0 saturated carbocycles. The molecular weight excluding hydrogens is 353 g/mol. The Morgan fingerprint density at radius 2 is 1.74 bits per heavy atom. The van der Waals surface area contributed by atoms with Crippen LogP contribution < -0.4 is 16.0 Å². The van der Waals surface area contributed by atoms with E-state index in [9.17, 15) is 18.8 Å². The van der Waals surface area contributed by atoms with Crippen molar-refractivity contribution in [2.24, 2.45) is 0 Å². The fourth-order valence-corrected chi connectivity index (χ4v) is 2.25. The molecule has 0 aliphatic heterocycles. The Hall–Kier alpha value is -3.16. The zero-order valence-electron chi connectivity index (χ0n) is 15.0. The Bertz CT molecular complexity index is 790. The molecule has 0 aliphatic carbocycles. The van der Waals surface area contributed by atoms with Crippen LogP contribution in [0.2, 0.25) is 0 Å². The summed E-state index contributed by atoms with van der Waals surface area (Å²) in [5.74, 6) is -1.11. The number of furan rings is 1. The molecule has 2 aromatic rings. The molecule has 0 fully saturated rings. The monoisotopic (exact) mass is 375 g/mol. The number of nitrogens with one attached hydrogen (secondary N) is 3. The van der Waals surface area contributed by atoms with Crippen molar-refractivity contribution in [3.05, 3.63) is 59.3 Å². The lowest BCUT2D eigenvalue weighted by molar-refractivity contribution is -0.121. The van der Waals surface area contributed by atoms with E-state index in [0.29, 0.717) is 18.5 Å². The quantitative estimate of drug-likeness (QED) is 0.582. The van der Waals surface area contributed by atoms with Gasteiger partial charge in [0.05, 0.1) is 6.26 Å². The van der Waals surface area contributed by atoms with Crippen molar-refractivity contribution < 1.29 is 23.2 Å². The molecule has 144 valence electrons. The van der Waals surface area contributed by atoms with Crippen LogP contribution in [0.5, 0.6) is 0 Å². The fraction of sp³-hybridized carbons (Fsp3) is 0.316. The SMILES string of the molecule is Cc1ccc(C(=O)NCCNC(=O)CCCNC(=O)c2ccco2)cc1F. The van der Waals surface area contributed by atoms with Gasteiger partial charge in [0.15, 0.2) is 5.76 Å². The molecule has 3 N–H and O–H groups in total. The molecule has 0 bridgehead atoms. The van der Waals surface area contributed by atoms with Crippen molar-refractivity contribution >= 4 is 17.7 Å². The van der Waals surface area contributed by atoms with Crippen molar-refractivity contribution in [1.82, 2.24) is 16.0 Å². The molecule has 1 heterocycles. The van der Waals surface area contributed by atoms with Crippen LogP contribution >= 0.6 is 0 Å². The summed E-state index contributed by atoms with van der Waals surface area (Å²) in [6.45, 7) is 2.46. The van der Waals surface area contributed by atoms with Crippen LogP contribution in [0.3, 0.4) is 0 Å². The Kier molecular flexibility index (Phi) is 7.54.